The molecule has 0 aliphatic carbocycles. The van der Waals surface area contributed by atoms with Crippen molar-refractivity contribution < 1.29 is 9.53 Å². The van der Waals surface area contributed by atoms with Crippen molar-refractivity contribution in [1.82, 2.24) is 0 Å². The smallest absolute Gasteiger partial charge is 0.305 e. The third-order valence-corrected chi connectivity index (χ3v) is 3.66. The van der Waals surface area contributed by atoms with Crippen LogP contribution in [0.4, 0.5) is 0 Å². The van der Waals surface area contributed by atoms with Crippen LogP contribution in [-0.2, 0) is 9.53 Å². The Bertz CT molecular complexity index is 252. The summed E-state index contributed by atoms with van der Waals surface area (Å²) in [5.74, 6) is 0.542. The molecule has 0 atom stereocenters. The topological polar surface area (TPSA) is 26.3 Å². The minimum atomic E-state index is -0.0693. The molecule has 0 spiro atoms. The second-order valence-corrected chi connectivity index (χ2v) is 6.02. The first-order valence-electron chi connectivity index (χ1n) is 8.72. The molecular weight excluding hydrogens is 280 g/mol. The number of thiol groups is 1. The van der Waals surface area contributed by atoms with Gasteiger partial charge in [0.15, 0.2) is 0 Å². The minimum Gasteiger partial charge on any atom is -0.465 e. The summed E-state index contributed by atoms with van der Waals surface area (Å²) in [5.41, 5.74) is 0. The Morgan fingerprint density at radius 1 is 0.905 bits per heavy atom. The highest BCUT2D eigenvalue weighted by Crippen LogP contribution is 2.11. The molecule has 0 amide bonds. The third-order valence-electron chi connectivity index (χ3n) is 3.48. The van der Waals surface area contributed by atoms with E-state index in [1.165, 1.54) is 57.8 Å². The van der Waals surface area contributed by atoms with Gasteiger partial charge in [-0.1, -0.05) is 64.0 Å². The molecule has 2 nitrogen and oxygen atoms in total. The van der Waals surface area contributed by atoms with Gasteiger partial charge in [0.2, 0.25) is 0 Å². The van der Waals surface area contributed by atoms with E-state index in [-0.39, 0.29) is 5.97 Å². The number of unbranched alkanes of at least 4 members (excludes halogenated alkanes) is 9. The van der Waals surface area contributed by atoms with Crippen molar-refractivity contribution in [2.24, 2.45) is 0 Å². The minimum absolute atomic E-state index is 0.0693. The lowest BCUT2D eigenvalue weighted by atomic mass is 10.1. The maximum atomic E-state index is 11.2. The third kappa shape index (κ3) is 17.5. The van der Waals surface area contributed by atoms with Crippen LogP contribution in [0.15, 0.2) is 12.2 Å². The van der Waals surface area contributed by atoms with Crippen molar-refractivity contribution >= 4 is 18.6 Å². The van der Waals surface area contributed by atoms with Crippen molar-refractivity contribution in [3.05, 3.63) is 12.2 Å². The molecule has 3 heteroatoms. The summed E-state index contributed by atoms with van der Waals surface area (Å²) in [6, 6.07) is 0. The van der Waals surface area contributed by atoms with Crippen molar-refractivity contribution in [2.45, 2.75) is 84.0 Å². The number of rotatable bonds is 15. The summed E-state index contributed by atoms with van der Waals surface area (Å²) in [6.45, 7) is 2.66. The van der Waals surface area contributed by atoms with Crippen LogP contribution >= 0.6 is 12.6 Å². The second kappa shape index (κ2) is 17.6. The molecule has 0 aromatic heterocycles. The molecule has 0 saturated heterocycles. The lowest BCUT2D eigenvalue weighted by Gasteiger charge is -2.03. The molecule has 124 valence electrons. The first kappa shape index (κ1) is 20.6. The summed E-state index contributed by atoms with van der Waals surface area (Å²) in [4.78, 5) is 11.2. The Kier molecular flexibility index (Phi) is 17.2. The van der Waals surface area contributed by atoms with E-state index in [2.05, 4.69) is 31.7 Å². The molecule has 0 aromatic carbocycles. The van der Waals surface area contributed by atoms with Crippen LogP contribution in [0.2, 0.25) is 0 Å². The van der Waals surface area contributed by atoms with Gasteiger partial charge in [-0.25, -0.2) is 0 Å². The fraction of sp³-hybridized carbons (Fsp3) is 0.833. The van der Waals surface area contributed by atoms with E-state index < -0.39 is 0 Å². The first-order valence-corrected chi connectivity index (χ1v) is 9.36. The van der Waals surface area contributed by atoms with Gasteiger partial charge in [0.1, 0.15) is 6.61 Å². The summed E-state index contributed by atoms with van der Waals surface area (Å²) in [7, 11) is 0. The van der Waals surface area contributed by atoms with Crippen molar-refractivity contribution in [3.8, 4) is 0 Å². The fourth-order valence-corrected chi connectivity index (χ4v) is 2.32. The number of hydrogen-bond acceptors (Lipinski definition) is 3. The Morgan fingerprint density at radius 3 is 2.10 bits per heavy atom. The van der Waals surface area contributed by atoms with Gasteiger partial charge in [-0.05, 0) is 25.7 Å². The van der Waals surface area contributed by atoms with Gasteiger partial charge in [0, 0.05) is 12.2 Å². The second-order valence-electron chi connectivity index (χ2n) is 5.57. The highest BCUT2D eigenvalue weighted by Gasteiger charge is 2.01. The molecule has 0 bridgehead atoms. The van der Waals surface area contributed by atoms with Crippen molar-refractivity contribution in [1.29, 1.82) is 0 Å². The molecular formula is C18H34O2S. The van der Waals surface area contributed by atoms with E-state index in [0.717, 1.165) is 12.8 Å². The van der Waals surface area contributed by atoms with Gasteiger partial charge in [-0.15, -0.1) is 0 Å². The van der Waals surface area contributed by atoms with Crippen LogP contribution in [0.25, 0.3) is 0 Å². The predicted molar refractivity (Wildman–Crippen MR) is 95.0 cm³/mol. The number of esters is 1. The van der Waals surface area contributed by atoms with Gasteiger partial charge in [-0.2, -0.15) is 12.6 Å². The molecule has 0 fully saturated rings. The van der Waals surface area contributed by atoms with E-state index >= 15 is 0 Å². The Balaban J connectivity index is 3.10. The SMILES string of the molecule is CCC/C=C/CCCCCCCCCCC(=O)OCCS. The average molecular weight is 315 g/mol. The summed E-state index contributed by atoms with van der Waals surface area (Å²) in [6.07, 6.45) is 19.0. The highest BCUT2D eigenvalue weighted by atomic mass is 32.1. The maximum Gasteiger partial charge on any atom is 0.305 e. The van der Waals surface area contributed by atoms with Gasteiger partial charge in [0.25, 0.3) is 0 Å². The molecule has 0 saturated carbocycles. The Labute approximate surface area is 137 Å². The predicted octanol–water partition coefficient (Wildman–Crippen LogP) is 5.72. The zero-order valence-electron chi connectivity index (χ0n) is 13.8. The molecule has 0 aromatic rings. The number of carbonyl (C=O) groups is 1. The monoisotopic (exact) mass is 314 g/mol. The van der Waals surface area contributed by atoms with Crippen LogP contribution < -0.4 is 0 Å². The molecule has 0 N–H and O–H groups in total. The Morgan fingerprint density at radius 2 is 1.48 bits per heavy atom. The lowest BCUT2D eigenvalue weighted by molar-refractivity contribution is -0.143. The zero-order chi connectivity index (χ0) is 15.6. The van der Waals surface area contributed by atoms with Gasteiger partial charge in [0.05, 0.1) is 0 Å². The van der Waals surface area contributed by atoms with Crippen LogP contribution in [0.5, 0.6) is 0 Å². The Hall–Kier alpha value is -0.440. The van der Waals surface area contributed by atoms with Gasteiger partial charge in [-0.3, -0.25) is 4.79 Å². The van der Waals surface area contributed by atoms with Crippen molar-refractivity contribution in [3.63, 3.8) is 0 Å². The molecule has 0 heterocycles. The van der Waals surface area contributed by atoms with E-state index in [1.807, 2.05) is 0 Å². The van der Waals surface area contributed by atoms with E-state index in [4.69, 9.17) is 4.74 Å². The standard InChI is InChI=1S/C18H34O2S/c1-2-3-4-5-6-7-8-9-10-11-12-13-14-15-18(19)20-16-17-21/h4-5,21H,2-3,6-17H2,1H3/b5-4+. The van der Waals surface area contributed by atoms with Crippen LogP contribution in [0.3, 0.4) is 0 Å². The summed E-state index contributed by atoms with van der Waals surface area (Å²) in [5, 5.41) is 0. The largest absolute Gasteiger partial charge is 0.465 e. The molecule has 21 heavy (non-hydrogen) atoms. The van der Waals surface area contributed by atoms with Gasteiger partial charge < -0.3 is 4.74 Å². The van der Waals surface area contributed by atoms with E-state index in [9.17, 15) is 4.79 Å². The number of allylic oxidation sites excluding steroid dienone is 2. The summed E-state index contributed by atoms with van der Waals surface area (Å²) < 4.78 is 4.98. The van der Waals surface area contributed by atoms with Crippen LogP contribution in [-0.4, -0.2) is 18.3 Å². The number of carbonyl (C=O) groups excluding carboxylic acids is 1. The van der Waals surface area contributed by atoms with Gasteiger partial charge >= 0.3 is 5.97 Å². The lowest BCUT2D eigenvalue weighted by Crippen LogP contribution is -2.06. The van der Waals surface area contributed by atoms with Crippen molar-refractivity contribution in [2.75, 3.05) is 12.4 Å². The molecule has 0 aliphatic heterocycles. The molecule has 0 radical (unpaired) electrons. The molecule has 0 rings (SSSR count). The van der Waals surface area contributed by atoms with Crippen LogP contribution in [0, 0.1) is 0 Å². The zero-order valence-corrected chi connectivity index (χ0v) is 14.7. The average Bonchev–Trinajstić information content (AvgIpc) is 2.49. The molecule has 0 aliphatic rings. The quantitative estimate of drug-likeness (QED) is 0.181. The number of hydrogen-bond donors (Lipinski definition) is 1. The van der Waals surface area contributed by atoms with Crippen LogP contribution in [0.1, 0.15) is 84.0 Å². The highest BCUT2D eigenvalue weighted by molar-refractivity contribution is 7.80. The van der Waals surface area contributed by atoms with E-state index in [0.29, 0.717) is 18.8 Å². The fourth-order valence-electron chi connectivity index (χ4n) is 2.23. The number of ether oxygens (including phenoxy) is 1. The maximum absolute atomic E-state index is 11.2. The normalized spacial score (nSPS) is 11.1. The van der Waals surface area contributed by atoms with E-state index in [1.54, 1.807) is 0 Å². The molecule has 0 unspecified atom stereocenters. The first-order chi connectivity index (χ1) is 10.3. The summed E-state index contributed by atoms with van der Waals surface area (Å²) >= 11 is 4.01.